The molecule has 76 heavy (non-hydrogen) atoms. The van der Waals surface area contributed by atoms with Gasteiger partial charge in [0.15, 0.2) is 6.23 Å². The van der Waals surface area contributed by atoms with Crippen LogP contribution < -0.4 is 32.3 Å². The van der Waals surface area contributed by atoms with Crippen LogP contribution in [0.2, 0.25) is 0 Å². The fourth-order valence-corrected chi connectivity index (χ4v) is 9.85. The van der Waals surface area contributed by atoms with Crippen LogP contribution >= 0.6 is 0 Å². The van der Waals surface area contributed by atoms with Crippen LogP contribution in [-0.2, 0) is 38.4 Å². The lowest BCUT2D eigenvalue weighted by Crippen LogP contribution is -2.64. The van der Waals surface area contributed by atoms with Crippen LogP contribution in [0.4, 0.5) is 0 Å². The Hall–Kier alpha value is -5.54. The number of hydrogen-bond donors (Lipinski definition) is 15. The number of amides is 8. The van der Waals surface area contributed by atoms with Crippen LogP contribution in [0.3, 0.4) is 0 Å². The predicted octanol–water partition coefficient (Wildman–Crippen LogP) is -2.81. The van der Waals surface area contributed by atoms with Gasteiger partial charge in [0.05, 0.1) is 30.8 Å². The number of unbranched alkanes of at least 4 members (excludes halogenated alkanes) is 12. The van der Waals surface area contributed by atoms with Crippen molar-refractivity contribution in [2.75, 3.05) is 13.1 Å². The Morgan fingerprint density at radius 1 is 0.684 bits per heavy atom. The lowest BCUT2D eigenvalue weighted by molar-refractivity contribution is -0.149. The number of aromatic hydroxyl groups is 1. The molecule has 0 aromatic heterocycles. The molecule has 0 spiro atoms. The largest absolute Gasteiger partial charge is 0.508 e. The maximum absolute atomic E-state index is 14.5. The van der Waals surface area contributed by atoms with Crippen LogP contribution in [0.5, 0.6) is 5.75 Å². The predicted molar refractivity (Wildman–Crippen MR) is 270 cm³/mol. The molecule has 0 saturated carbocycles. The molecule has 1 aromatic carbocycles. The van der Waals surface area contributed by atoms with Gasteiger partial charge in [-0.15, -0.1) is 0 Å². The molecule has 15 atom stereocenters. The number of phenolic OH excluding ortho intramolecular Hbond substituents is 1. The summed E-state index contributed by atoms with van der Waals surface area (Å²) in [6.45, 7) is 3.66. The topological polar surface area (TPSA) is 411 Å². The maximum atomic E-state index is 14.5. The van der Waals surface area contributed by atoms with Crippen molar-refractivity contribution in [1.82, 2.24) is 36.4 Å². The van der Waals surface area contributed by atoms with Gasteiger partial charge in [0.1, 0.15) is 60.3 Å². The van der Waals surface area contributed by atoms with Crippen molar-refractivity contribution in [2.24, 2.45) is 11.7 Å². The van der Waals surface area contributed by atoms with Crippen molar-refractivity contribution < 1.29 is 84.3 Å². The Kier molecular flexibility index (Phi) is 25.2. The van der Waals surface area contributed by atoms with Gasteiger partial charge in [-0.3, -0.25) is 38.4 Å². The number of carbonyl (C=O) groups is 8. The zero-order valence-electron chi connectivity index (χ0n) is 43.7. The number of hydrogen-bond acceptors (Lipinski definition) is 17. The summed E-state index contributed by atoms with van der Waals surface area (Å²) in [6, 6.07) is -7.40. The molecule has 3 heterocycles. The van der Waals surface area contributed by atoms with Gasteiger partial charge in [0, 0.05) is 38.3 Å². The number of nitrogens with two attached hydrogens (primary N) is 1. The molecule has 16 N–H and O–H groups in total. The molecule has 428 valence electrons. The highest BCUT2D eigenvalue weighted by Crippen LogP contribution is 2.28. The van der Waals surface area contributed by atoms with Crippen molar-refractivity contribution in [3.63, 3.8) is 0 Å². The number of phenols is 1. The van der Waals surface area contributed by atoms with Crippen molar-refractivity contribution in [3.05, 3.63) is 29.8 Å². The first-order chi connectivity index (χ1) is 36.0. The van der Waals surface area contributed by atoms with E-state index in [0.29, 0.717) is 17.7 Å². The van der Waals surface area contributed by atoms with Gasteiger partial charge >= 0.3 is 0 Å². The quantitative estimate of drug-likeness (QED) is 0.0521. The summed E-state index contributed by atoms with van der Waals surface area (Å²) in [5.41, 5.74) is 5.23. The minimum absolute atomic E-state index is 0.0755. The Balaban J connectivity index is 1.69. The molecule has 4 rings (SSSR count). The minimum atomic E-state index is -2.36. The fourth-order valence-electron chi connectivity index (χ4n) is 9.85. The molecule has 25 nitrogen and oxygen atoms in total. The third-order valence-electron chi connectivity index (χ3n) is 14.3. The van der Waals surface area contributed by atoms with Crippen LogP contribution in [0, 0.1) is 5.92 Å². The van der Waals surface area contributed by atoms with E-state index < -0.39 is 171 Å². The van der Waals surface area contributed by atoms with E-state index >= 15 is 0 Å². The zero-order valence-corrected chi connectivity index (χ0v) is 43.7. The molecule has 0 radical (unpaired) electrons. The summed E-state index contributed by atoms with van der Waals surface area (Å²) in [5.74, 6) is -10.8. The summed E-state index contributed by atoms with van der Waals surface area (Å²) in [4.78, 5) is 113. The monoisotopic (exact) mass is 1080 g/mol. The van der Waals surface area contributed by atoms with Gasteiger partial charge in [-0.1, -0.05) is 103 Å². The standard InChI is InChI=1S/C51H82N8O17/c1-4-5-6-7-8-9-10-11-12-13-14-15-16-17-37(66)53-32-23-35(64)47(72)57-49(74)41-42(67)27(2)25-59(41)51(76)39(34(63)24-36(52)65)55-48(73)40(44(69)43(68)29-18-20-30(61)21-19-29)56-46(71)33-22-31(62)26-58(33)50(75)38(28(3)60)54-45(32)70/h18-21,27-28,31-35,38-44,47,60-64,67-69,72H,4-17,22-26H2,1-3H3,(H2,52,65)(H,53,66)(H,54,70)(H,55,73)(H,56,71)(H,57,74). The molecule has 25 heteroatoms. The first kappa shape index (κ1) is 63.0. The number of nitrogens with one attached hydrogen (secondary N) is 5. The van der Waals surface area contributed by atoms with Crippen LogP contribution in [0.25, 0.3) is 0 Å². The Bertz CT molecular complexity index is 2100. The Morgan fingerprint density at radius 2 is 1.22 bits per heavy atom. The second-order valence-corrected chi connectivity index (χ2v) is 20.6. The number of rotatable bonds is 22. The van der Waals surface area contributed by atoms with Crippen LogP contribution in [-0.4, -0.2) is 195 Å². The lowest BCUT2D eigenvalue weighted by atomic mass is 9.96. The smallest absolute Gasteiger partial charge is 0.248 e. The average Bonchev–Trinajstić information content (AvgIpc) is 3.91. The molecule has 3 aliphatic heterocycles. The Labute approximate surface area is 442 Å². The Morgan fingerprint density at radius 3 is 1.79 bits per heavy atom. The molecule has 3 fully saturated rings. The summed E-state index contributed by atoms with van der Waals surface area (Å²) in [6.07, 6.45) is -4.75. The van der Waals surface area contributed by atoms with Crippen LogP contribution in [0.15, 0.2) is 24.3 Å². The van der Waals surface area contributed by atoms with E-state index in [9.17, 15) is 84.3 Å². The SMILES string of the molecule is CCCCCCCCCCCCCCCC(=O)NC1CC(O)C(O)NC(=O)C2C(O)C(C)CN2C(=O)C(C(O)CC(N)=O)NC(=O)C(C(O)C(O)c2ccc(O)cc2)NC(=O)C2CC(O)CN2C(=O)C(C(C)O)NC1=O. The second kappa shape index (κ2) is 30.4. The van der Waals surface area contributed by atoms with Gasteiger partial charge < -0.3 is 88.1 Å². The number of benzene rings is 1. The van der Waals surface area contributed by atoms with Gasteiger partial charge in [-0.2, -0.15) is 0 Å². The van der Waals surface area contributed by atoms with E-state index in [1.807, 2.05) is 0 Å². The van der Waals surface area contributed by atoms with E-state index in [1.165, 1.54) is 45.4 Å². The van der Waals surface area contributed by atoms with E-state index in [1.54, 1.807) is 0 Å². The van der Waals surface area contributed by atoms with Crippen molar-refractivity contribution in [3.8, 4) is 5.75 Å². The number of fused-ring (bicyclic) bond motifs is 2. The number of aliphatic hydroxyl groups excluding tert-OH is 8. The van der Waals surface area contributed by atoms with E-state index in [0.717, 1.165) is 68.2 Å². The summed E-state index contributed by atoms with van der Waals surface area (Å²) in [7, 11) is 0. The fraction of sp³-hybridized carbons (Fsp3) is 0.725. The highest BCUT2D eigenvalue weighted by Gasteiger charge is 2.50. The first-order valence-corrected chi connectivity index (χ1v) is 26.6. The van der Waals surface area contributed by atoms with Crippen LogP contribution in [0.1, 0.15) is 142 Å². The molecule has 0 aliphatic carbocycles. The van der Waals surface area contributed by atoms with Gasteiger partial charge in [-0.05, 0) is 31.0 Å². The van der Waals surface area contributed by atoms with Gasteiger partial charge in [-0.25, -0.2) is 0 Å². The second-order valence-electron chi connectivity index (χ2n) is 20.6. The van der Waals surface area contributed by atoms with Crippen molar-refractivity contribution >= 4 is 47.3 Å². The van der Waals surface area contributed by atoms with E-state index in [-0.39, 0.29) is 17.7 Å². The number of nitrogens with zero attached hydrogens (tertiary/aromatic N) is 2. The zero-order chi connectivity index (χ0) is 56.4. The van der Waals surface area contributed by atoms with Gasteiger partial charge in [0.25, 0.3) is 0 Å². The molecule has 8 amide bonds. The molecule has 1 aromatic rings. The highest BCUT2D eigenvalue weighted by atomic mass is 16.3. The van der Waals surface area contributed by atoms with E-state index in [2.05, 4.69) is 33.5 Å². The maximum Gasteiger partial charge on any atom is 0.248 e. The normalized spacial score (nSPS) is 28.9. The first-order valence-electron chi connectivity index (χ1n) is 26.6. The number of aliphatic hydroxyl groups is 8. The summed E-state index contributed by atoms with van der Waals surface area (Å²) < 4.78 is 0. The average molecular weight is 1080 g/mol. The number of carbonyl (C=O) groups excluding carboxylic acids is 8. The summed E-state index contributed by atoms with van der Waals surface area (Å²) in [5, 5.41) is 111. The lowest BCUT2D eigenvalue weighted by Gasteiger charge is -2.34. The molecular formula is C51H82N8O17. The third kappa shape index (κ3) is 18.0. The molecule has 3 aliphatic rings. The minimum Gasteiger partial charge on any atom is -0.508 e. The molecule has 0 bridgehead atoms. The van der Waals surface area contributed by atoms with Crippen molar-refractivity contribution in [1.29, 1.82) is 0 Å². The molecule has 15 unspecified atom stereocenters. The molecule has 3 saturated heterocycles. The summed E-state index contributed by atoms with van der Waals surface area (Å²) >= 11 is 0. The highest BCUT2D eigenvalue weighted by molar-refractivity contribution is 5.98. The van der Waals surface area contributed by atoms with Crippen molar-refractivity contribution in [2.45, 2.75) is 215 Å². The third-order valence-corrected chi connectivity index (χ3v) is 14.3. The van der Waals surface area contributed by atoms with E-state index in [4.69, 9.17) is 5.73 Å². The molecular weight excluding hydrogens is 997 g/mol. The van der Waals surface area contributed by atoms with Gasteiger partial charge in [0.2, 0.25) is 47.3 Å². The number of primary amides is 1.